The zero-order valence-electron chi connectivity index (χ0n) is 16.8. The highest BCUT2D eigenvalue weighted by Gasteiger charge is 2.26. The third-order valence-electron chi connectivity index (χ3n) is 4.98. The van der Waals surface area contributed by atoms with Crippen molar-refractivity contribution in [3.8, 4) is 17.1 Å². The number of fused-ring (bicyclic) bond motifs is 2. The van der Waals surface area contributed by atoms with E-state index in [-0.39, 0.29) is 12.5 Å². The number of benzene rings is 3. The Labute approximate surface area is 183 Å². The van der Waals surface area contributed by atoms with Crippen molar-refractivity contribution in [2.75, 3.05) is 11.4 Å². The van der Waals surface area contributed by atoms with Gasteiger partial charge >= 0.3 is 0 Å². The second-order valence-corrected chi connectivity index (χ2v) is 8.03. The maximum Gasteiger partial charge on any atom is 0.264 e. The van der Waals surface area contributed by atoms with Gasteiger partial charge in [-0.05, 0) is 49.4 Å². The van der Waals surface area contributed by atoms with Crippen LogP contribution in [0.3, 0.4) is 0 Å². The van der Waals surface area contributed by atoms with Crippen molar-refractivity contribution in [3.63, 3.8) is 0 Å². The van der Waals surface area contributed by atoms with Gasteiger partial charge in [0.15, 0.2) is 6.61 Å². The molecule has 0 saturated heterocycles. The normalized spacial score (nSPS) is 12.8. The second-order valence-electron chi connectivity index (χ2n) is 6.94. The van der Waals surface area contributed by atoms with Gasteiger partial charge in [0, 0.05) is 21.9 Å². The molecule has 0 spiro atoms. The van der Waals surface area contributed by atoms with Crippen molar-refractivity contribution in [1.82, 2.24) is 10.1 Å². The van der Waals surface area contributed by atoms with Crippen LogP contribution in [0.5, 0.6) is 5.75 Å². The minimum absolute atomic E-state index is 0.0111. The lowest BCUT2D eigenvalue weighted by atomic mass is 10.1. The maximum atomic E-state index is 13.0. The summed E-state index contributed by atoms with van der Waals surface area (Å²) in [6, 6.07) is 23.0. The number of rotatable bonds is 5. The Morgan fingerprint density at radius 3 is 2.65 bits per heavy atom. The first-order valence-corrected chi connectivity index (χ1v) is 10.8. The predicted molar refractivity (Wildman–Crippen MR) is 118 cm³/mol. The average molecular weight is 430 g/mol. The van der Waals surface area contributed by atoms with Gasteiger partial charge in [-0.15, -0.1) is 0 Å². The van der Waals surface area contributed by atoms with Crippen LogP contribution >= 0.6 is 11.8 Å². The van der Waals surface area contributed by atoms with Gasteiger partial charge in [-0.25, -0.2) is 0 Å². The second kappa shape index (κ2) is 8.28. The van der Waals surface area contributed by atoms with Crippen LogP contribution in [0.25, 0.3) is 11.4 Å². The summed E-state index contributed by atoms with van der Waals surface area (Å²) in [6.45, 7) is 2.76. The Morgan fingerprint density at radius 2 is 1.81 bits per heavy atom. The summed E-state index contributed by atoms with van der Waals surface area (Å²) in [5.41, 5.74) is 2.42. The number of carbonyl (C=O) groups excluding carboxylic acids is 1. The maximum absolute atomic E-state index is 13.0. The highest BCUT2D eigenvalue weighted by atomic mass is 32.2. The van der Waals surface area contributed by atoms with Crippen LogP contribution in [0.2, 0.25) is 0 Å². The lowest BCUT2D eigenvalue weighted by Gasteiger charge is -2.21. The van der Waals surface area contributed by atoms with E-state index < -0.39 is 0 Å². The van der Waals surface area contributed by atoms with Crippen molar-refractivity contribution in [2.24, 2.45) is 0 Å². The largest absolute Gasteiger partial charge is 0.484 e. The van der Waals surface area contributed by atoms with Crippen molar-refractivity contribution >= 4 is 23.4 Å². The molecule has 2 heterocycles. The molecule has 0 fully saturated rings. The smallest absolute Gasteiger partial charge is 0.264 e. The molecule has 0 bridgehead atoms. The Balaban J connectivity index is 1.44. The van der Waals surface area contributed by atoms with Crippen molar-refractivity contribution in [2.45, 2.75) is 23.3 Å². The fourth-order valence-corrected chi connectivity index (χ4v) is 4.59. The van der Waals surface area contributed by atoms with Crippen LogP contribution in [0.15, 0.2) is 87.1 Å². The van der Waals surface area contributed by atoms with E-state index in [9.17, 15) is 4.79 Å². The fraction of sp³-hybridized carbons (Fsp3) is 0.125. The summed E-state index contributed by atoms with van der Waals surface area (Å²) in [6.07, 6.45) is 0. The predicted octanol–water partition coefficient (Wildman–Crippen LogP) is 5.45. The molecule has 154 valence electrons. The zero-order chi connectivity index (χ0) is 21.2. The average Bonchev–Trinajstić information content (AvgIpc) is 3.25. The van der Waals surface area contributed by atoms with Gasteiger partial charge < -0.3 is 14.2 Å². The quantitative estimate of drug-likeness (QED) is 0.420. The highest BCUT2D eigenvalue weighted by molar-refractivity contribution is 7.99. The summed E-state index contributed by atoms with van der Waals surface area (Å²) >= 11 is 1.58. The molecule has 1 aromatic heterocycles. The molecule has 4 aromatic rings. The van der Waals surface area contributed by atoms with Gasteiger partial charge in [0.1, 0.15) is 5.75 Å². The molecular weight excluding hydrogens is 410 g/mol. The number of hydrogen-bond donors (Lipinski definition) is 0. The highest BCUT2D eigenvalue weighted by Crippen LogP contribution is 2.42. The van der Waals surface area contributed by atoms with Crippen LogP contribution in [0.1, 0.15) is 23.2 Å². The van der Waals surface area contributed by atoms with E-state index in [1.807, 2.05) is 79.7 Å². The number of para-hydroxylation sites is 1. The molecule has 0 aliphatic carbocycles. The zero-order valence-corrected chi connectivity index (χ0v) is 17.6. The molecule has 6 nitrogen and oxygen atoms in total. The lowest BCUT2D eigenvalue weighted by molar-refractivity contribution is 0.0985. The summed E-state index contributed by atoms with van der Waals surface area (Å²) in [5, 5.41) is 4.11. The number of anilines is 1. The van der Waals surface area contributed by atoms with E-state index in [1.54, 1.807) is 16.7 Å². The summed E-state index contributed by atoms with van der Waals surface area (Å²) in [7, 11) is 0. The first-order chi connectivity index (χ1) is 15.2. The SMILES string of the molecule is CCN1C(=O)c2ccccc2Sc2cc(-c3noc(COc4ccccc4)n3)ccc21. The molecule has 3 aromatic carbocycles. The summed E-state index contributed by atoms with van der Waals surface area (Å²) < 4.78 is 11.1. The number of amides is 1. The van der Waals surface area contributed by atoms with Gasteiger partial charge in [-0.2, -0.15) is 4.98 Å². The molecule has 1 aliphatic heterocycles. The number of hydrogen-bond acceptors (Lipinski definition) is 6. The van der Waals surface area contributed by atoms with Crippen molar-refractivity contribution in [1.29, 1.82) is 0 Å². The number of nitrogens with zero attached hydrogens (tertiary/aromatic N) is 3. The molecule has 5 rings (SSSR count). The summed E-state index contributed by atoms with van der Waals surface area (Å²) in [4.78, 5) is 21.2. The molecule has 1 aliphatic rings. The third kappa shape index (κ3) is 3.80. The number of ether oxygens (including phenoxy) is 1. The third-order valence-corrected chi connectivity index (χ3v) is 6.10. The topological polar surface area (TPSA) is 68.5 Å². The molecule has 31 heavy (non-hydrogen) atoms. The molecule has 0 radical (unpaired) electrons. The van der Waals surface area contributed by atoms with Gasteiger partial charge in [-0.3, -0.25) is 4.79 Å². The summed E-state index contributed by atoms with van der Waals surface area (Å²) in [5.74, 6) is 1.64. The molecule has 0 atom stereocenters. The first-order valence-electron chi connectivity index (χ1n) is 9.96. The first kappa shape index (κ1) is 19.4. The number of aromatic nitrogens is 2. The van der Waals surface area contributed by atoms with E-state index in [0.29, 0.717) is 23.8 Å². The molecular formula is C24H19N3O3S. The van der Waals surface area contributed by atoms with E-state index in [4.69, 9.17) is 9.26 Å². The Kier molecular flexibility index (Phi) is 5.18. The van der Waals surface area contributed by atoms with Crippen molar-refractivity contribution in [3.05, 3.63) is 84.3 Å². The molecule has 0 saturated carbocycles. The molecule has 0 N–H and O–H groups in total. The lowest BCUT2D eigenvalue weighted by Crippen LogP contribution is -2.30. The number of carbonyl (C=O) groups is 1. The fourth-order valence-electron chi connectivity index (χ4n) is 3.47. The van der Waals surface area contributed by atoms with Gasteiger partial charge in [0.05, 0.1) is 11.3 Å². The van der Waals surface area contributed by atoms with E-state index >= 15 is 0 Å². The van der Waals surface area contributed by atoms with E-state index in [2.05, 4.69) is 10.1 Å². The Hall–Kier alpha value is -3.58. The van der Waals surface area contributed by atoms with Crippen LogP contribution in [-0.4, -0.2) is 22.6 Å². The molecule has 7 heteroatoms. The van der Waals surface area contributed by atoms with Gasteiger partial charge in [0.2, 0.25) is 5.82 Å². The monoisotopic (exact) mass is 429 g/mol. The van der Waals surface area contributed by atoms with Crippen LogP contribution in [0, 0.1) is 0 Å². The molecule has 0 unspecified atom stereocenters. The van der Waals surface area contributed by atoms with Crippen LogP contribution < -0.4 is 9.64 Å². The van der Waals surface area contributed by atoms with Gasteiger partial charge in [0.25, 0.3) is 11.8 Å². The molecule has 1 amide bonds. The minimum Gasteiger partial charge on any atom is -0.484 e. The van der Waals surface area contributed by atoms with E-state index in [0.717, 1.165) is 26.8 Å². The van der Waals surface area contributed by atoms with Gasteiger partial charge in [-0.1, -0.05) is 47.3 Å². The minimum atomic E-state index is 0.0111. The van der Waals surface area contributed by atoms with Crippen molar-refractivity contribution < 1.29 is 14.1 Å². The standard InChI is InChI=1S/C24H19N3O3S/c1-2-27-19-13-12-16(14-21(19)31-20-11-7-6-10-18(20)24(27)28)23-25-22(30-26-23)15-29-17-8-4-3-5-9-17/h3-14H,2,15H2,1H3. The van der Waals surface area contributed by atoms with Crippen LogP contribution in [-0.2, 0) is 6.61 Å². The Morgan fingerprint density at radius 1 is 1.00 bits per heavy atom. The van der Waals surface area contributed by atoms with Crippen LogP contribution in [0.4, 0.5) is 5.69 Å². The van der Waals surface area contributed by atoms with E-state index in [1.165, 1.54) is 0 Å². The Bertz CT molecular complexity index is 1240.